The van der Waals surface area contributed by atoms with Crippen LogP contribution >= 0.6 is 0 Å². The van der Waals surface area contributed by atoms with Gasteiger partial charge in [0.2, 0.25) is 17.7 Å². The number of anilines is 1. The van der Waals surface area contributed by atoms with Crippen LogP contribution in [0, 0.1) is 17.3 Å². The summed E-state index contributed by atoms with van der Waals surface area (Å²) in [5.41, 5.74) is 8.02. The lowest BCUT2D eigenvalue weighted by Crippen LogP contribution is -2.54. The van der Waals surface area contributed by atoms with Gasteiger partial charge in [0.05, 0.1) is 34.6 Å². The van der Waals surface area contributed by atoms with E-state index in [9.17, 15) is 34.5 Å². The number of fused-ring (bicyclic) bond motifs is 2. The number of aromatic nitrogens is 3. The number of hydrogen-bond donors (Lipinski definition) is 5. The molecule has 14 heteroatoms. The quantitative estimate of drug-likeness (QED) is 0.0409. The summed E-state index contributed by atoms with van der Waals surface area (Å²) in [6.07, 6.45) is 7.74. The average molecular weight is 911 g/mol. The monoisotopic (exact) mass is 910 g/mol. The lowest BCUT2D eigenvalue weighted by atomic mass is 9.93. The normalized spacial score (nSPS) is 18.0. The Bertz CT molecular complexity index is 3020. The van der Waals surface area contributed by atoms with Crippen molar-refractivity contribution in [2.24, 2.45) is 0 Å². The summed E-state index contributed by atoms with van der Waals surface area (Å²) in [6, 6.07) is 32.8. The maximum absolute atomic E-state index is 13.4. The highest BCUT2D eigenvalue weighted by Gasteiger charge is 2.45. The zero-order valence-corrected chi connectivity index (χ0v) is 37.8. The van der Waals surface area contributed by atoms with Crippen molar-refractivity contribution in [1.29, 1.82) is 5.41 Å². The number of piperidine rings is 1. The maximum atomic E-state index is 13.4. The third-order valence-electron chi connectivity index (χ3n) is 13.1. The summed E-state index contributed by atoms with van der Waals surface area (Å²) in [6.45, 7) is 1.38. The minimum Gasteiger partial charge on any atom is -0.393 e. The molecule has 68 heavy (non-hydrogen) atoms. The van der Waals surface area contributed by atoms with Crippen LogP contribution in [0.25, 0.3) is 33.4 Å². The Kier molecular flexibility index (Phi) is 13.7. The number of benzene rings is 4. The molecule has 4 aromatic carbocycles. The van der Waals surface area contributed by atoms with Crippen LogP contribution in [-0.2, 0) is 20.9 Å². The molecule has 1 aliphatic carbocycles. The molecule has 1 unspecified atom stereocenters. The van der Waals surface area contributed by atoms with Crippen LogP contribution in [0.4, 0.5) is 5.69 Å². The van der Waals surface area contributed by atoms with Gasteiger partial charge in [0.1, 0.15) is 17.2 Å². The van der Waals surface area contributed by atoms with Crippen molar-refractivity contribution in [3.8, 4) is 34.2 Å². The summed E-state index contributed by atoms with van der Waals surface area (Å²) in [5.74, 6) is 4.37. The molecule has 2 aromatic heterocycles. The van der Waals surface area contributed by atoms with Crippen molar-refractivity contribution in [3.63, 3.8) is 0 Å². The molecule has 4 heterocycles. The Balaban J connectivity index is 0.798. The van der Waals surface area contributed by atoms with Gasteiger partial charge >= 0.3 is 0 Å². The molecule has 5 amide bonds. The molecule has 0 radical (unpaired) electrons. The summed E-state index contributed by atoms with van der Waals surface area (Å²) in [7, 11) is 0. The van der Waals surface area contributed by atoms with E-state index in [1.807, 2.05) is 59.4 Å². The molecule has 0 spiro atoms. The number of imide groups is 2. The first-order chi connectivity index (χ1) is 33.2. The minimum absolute atomic E-state index is 0.0505. The van der Waals surface area contributed by atoms with Crippen molar-refractivity contribution in [2.45, 2.75) is 95.4 Å². The predicted molar refractivity (Wildman–Crippen MR) is 258 cm³/mol. The van der Waals surface area contributed by atoms with Gasteiger partial charge in [0.25, 0.3) is 11.8 Å². The fourth-order valence-corrected chi connectivity index (χ4v) is 9.70. The fourth-order valence-electron chi connectivity index (χ4n) is 9.70. The van der Waals surface area contributed by atoms with Crippen LogP contribution in [0.15, 0.2) is 109 Å². The molecule has 5 N–H and O–H groups in total. The number of carbonyl (C=O) groups excluding carboxylic acids is 5. The van der Waals surface area contributed by atoms with E-state index in [0.717, 1.165) is 68.7 Å². The number of unbranched alkanes of at least 4 members (excludes halogenated alkanes) is 2. The molecule has 1 saturated carbocycles. The molecule has 6 aromatic rings. The van der Waals surface area contributed by atoms with Crippen molar-refractivity contribution < 1.29 is 29.1 Å². The Labute approximate surface area is 394 Å². The van der Waals surface area contributed by atoms with Crippen LogP contribution < -0.4 is 21.4 Å². The highest BCUT2D eigenvalue weighted by molar-refractivity contribution is 6.25. The molecule has 1 saturated heterocycles. The molecule has 2 aliphatic heterocycles. The van der Waals surface area contributed by atoms with Gasteiger partial charge in [-0.2, -0.15) is 0 Å². The second-order valence-electron chi connectivity index (χ2n) is 17.7. The third-order valence-corrected chi connectivity index (χ3v) is 13.1. The first-order valence-electron chi connectivity index (χ1n) is 23.6. The van der Waals surface area contributed by atoms with Crippen LogP contribution in [0.3, 0.4) is 0 Å². The highest BCUT2D eigenvalue weighted by Crippen LogP contribution is 2.40. The largest absolute Gasteiger partial charge is 0.393 e. The van der Waals surface area contributed by atoms with Crippen LogP contribution in [-0.4, -0.2) is 78.9 Å². The van der Waals surface area contributed by atoms with E-state index in [-0.39, 0.29) is 42.0 Å². The van der Waals surface area contributed by atoms with E-state index in [1.165, 1.54) is 0 Å². The maximum Gasteiger partial charge on any atom is 0.264 e. The molecule has 14 nitrogen and oxygen atoms in total. The van der Waals surface area contributed by atoms with Crippen molar-refractivity contribution in [3.05, 3.63) is 137 Å². The molecular weight excluding hydrogens is 857 g/mol. The molecule has 9 rings (SSSR count). The van der Waals surface area contributed by atoms with E-state index in [0.29, 0.717) is 69.3 Å². The third kappa shape index (κ3) is 9.61. The Morgan fingerprint density at radius 3 is 2.32 bits per heavy atom. The number of amides is 5. The van der Waals surface area contributed by atoms with Gasteiger partial charge in [0, 0.05) is 61.8 Å². The van der Waals surface area contributed by atoms with E-state index < -0.39 is 29.7 Å². The van der Waals surface area contributed by atoms with Crippen LogP contribution in [0.2, 0.25) is 0 Å². The van der Waals surface area contributed by atoms with Crippen LogP contribution in [0.1, 0.15) is 109 Å². The first-order valence-corrected chi connectivity index (χ1v) is 23.6. The fraction of sp³-hybridized carbons (Fsp3) is 0.315. The lowest BCUT2D eigenvalue weighted by molar-refractivity contribution is -0.136. The number of aliphatic hydroxyl groups is 1. The topological polar surface area (TPSA) is 192 Å². The standard InChI is InChI=1S/C54H54N8O6/c55-50-48-46(37-17-6-3-7-18-37)49(38-19-8-4-9-20-38)60(51(48)58-34-61(50)39-24-26-40(63)27-25-39)33-36-16-11-15-35(32-36)14-5-1-2-10-23-44(64)57-31-13-30-56-42-22-12-21-41-47(42)54(68)62(53(41)67)43-28-29-45(65)59-52(43)66/h3-4,6-9,11-12,15-22,32,34,39-40,43,55-56,63H,1-2,10,13,23-31,33H2,(H,57,64)(H,59,65,66). The van der Waals surface area contributed by atoms with Gasteiger partial charge in [-0.05, 0) is 92.3 Å². The van der Waals surface area contributed by atoms with Crippen molar-refractivity contribution >= 4 is 46.3 Å². The van der Waals surface area contributed by atoms with Gasteiger partial charge in [-0.15, -0.1) is 0 Å². The zero-order valence-electron chi connectivity index (χ0n) is 37.8. The number of nitrogens with one attached hydrogen (secondary N) is 4. The van der Waals surface area contributed by atoms with Gasteiger partial charge in [-0.25, -0.2) is 4.98 Å². The molecule has 2 fully saturated rings. The van der Waals surface area contributed by atoms with Gasteiger partial charge in [0.15, 0.2) is 0 Å². The SMILES string of the molecule is N=c1c2c(-c3ccccc3)c(-c3ccccc3)n(Cc3cccc(C#CCCCCC(=O)NCCCNc4cccc5c4C(=O)N(C4CCC(=O)NC4=O)C5=O)c3)c2ncn1C1CCC(O)CC1. The van der Waals surface area contributed by atoms with E-state index in [1.54, 1.807) is 18.2 Å². The van der Waals surface area contributed by atoms with E-state index in [2.05, 4.69) is 68.8 Å². The van der Waals surface area contributed by atoms with Gasteiger partial charge in [-0.1, -0.05) is 90.7 Å². The average Bonchev–Trinajstić information content (AvgIpc) is 3.81. The second kappa shape index (κ2) is 20.5. The summed E-state index contributed by atoms with van der Waals surface area (Å²) < 4.78 is 4.23. The van der Waals surface area contributed by atoms with E-state index in [4.69, 9.17) is 4.98 Å². The predicted octanol–water partition coefficient (Wildman–Crippen LogP) is 7.11. The minimum atomic E-state index is -1.03. The number of aliphatic hydroxyl groups excluding tert-OH is 1. The van der Waals surface area contributed by atoms with E-state index >= 15 is 0 Å². The summed E-state index contributed by atoms with van der Waals surface area (Å²) in [5, 5.41) is 29.1. The van der Waals surface area contributed by atoms with Crippen molar-refractivity contribution in [2.75, 3.05) is 18.4 Å². The molecule has 3 aliphatic rings. The summed E-state index contributed by atoms with van der Waals surface area (Å²) >= 11 is 0. The van der Waals surface area contributed by atoms with Crippen molar-refractivity contribution in [1.82, 2.24) is 29.7 Å². The van der Waals surface area contributed by atoms with Gasteiger partial charge < -0.3 is 24.9 Å². The second-order valence-corrected chi connectivity index (χ2v) is 17.7. The smallest absolute Gasteiger partial charge is 0.264 e. The number of rotatable bonds is 15. The lowest BCUT2D eigenvalue weighted by Gasteiger charge is -2.27. The molecule has 0 bridgehead atoms. The molecule has 346 valence electrons. The summed E-state index contributed by atoms with van der Waals surface area (Å²) in [4.78, 5) is 69.2. The van der Waals surface area contributed by atoms with Crippen LogP contribution in [0.5, 0.6) is 0 Å². The zero-order chi connectivity index (χ0) is 47.1. The Morgan fingerprint density at radius 2 is 1.56 bits per heavy atom. The molecule has 1 atom stereocenters. The highest BCUT2D eigenvalue weighted by atomic mass is 16.3. The van der Waals surface area contributed by atoms with Gasteiger partial charge in [-0.3, -0.25) is 39.6 Å². The number of carbonyl (C=O) groups is 5. The Hall–Kier alpha value is -7.63. The first kappa shape index (κ1) is 45.5. The number of hydrogen-bond acceptors (Lipinski definition) is 9. The number of nitrogens with zero attached hydrogens (tertiary/aromatic N) is 4. The Morgan fingerprint density at radius 1 is 0.809 bits per heavy atom. The molecular formula is C54H54N8O6.